The van der Waals surface area contributed by atoms with E-state index < -0.39 is 18.0 Å². The molecule has 0 aliphatic carbocycles. The molecule has 3 aliphatic heterocycles. The molecule has 11 heteroatoms. The smallest absolute Gasteiger partial charge is 0.407 e. The quantitative estimate of drug-likeness (QED) is 0.603. The maximum atomic E-state index is 13.1. The summed E-state index contributed by atoms with van der Waals surface area (Å²) in [6.07, 6.45) is 1.48. The lowest BCUT2D eigenvalue weighted by atomic mass is 9.95. The second-order valence-corrected chi connectivity index (χ2v) is 10.0. The van der Waals surface area contributed by atoms with Gasteiger partial charge in [0.2, 0.25) is 11.8 Å². The molecule has 3 fully saturated rings. The van der Waals surface area contributed by atoms with Gasteiger partial charge in [-0.3, -0.25) is 28.9 Å². The molecule has 0 spiro atoms. The van der Waals surface area contributed by atoms with E-state index in [0.29, 0.717) is 37.0 Å². The largest absolute Gasteiger partial charge is 0.465 e. The highest BCUT2D eigenvalue weighted by Crippen LogP contribution is 2.33. The standard InChI is InChI=1S/C24H32N6O5/c1-26(12-15-8-10-28(11-9-15)24(34)35)16-13-29(14-16)17-4-3-5-18-21(17)27(2)23(33)30(18)19-6-7-20(31)25-22(19)32/h3-5,15-16,19H,6-14H2,1-2H3,(H,34,35)(H,25,31,32). The average Bonchev–Trinajstić information content (AvgIpc) is 3.04. The van der Waals surface area contributed by atoms with Crippen molar-refractivity contribution < 1.29 is 19.5 Å². The first-order chi connectivity index (χ1) is 16.7. The van der Waals surface area contributed by atoms with Gasteiger partial charge in [0.15, 0.2) is 0 Å². The summed E-state index contributed by atoms with van der Waals surface area (Å²) in [7, 11) is 3.85. The molecule has 188 valence electrons. The van der Waals surface area contributed by atoms with Gasteiger partial charge in [-0.05, 0) is 44.4 Å². The minimum Gasteiger partial charge on any atom is -0.465 e. The highest BCUT2D eigenvalue weighted by Gasteiger charge is 2.35. The first kappa shape index (κ1) is 23.4. The van der Waals surface area contributed by atoms with E-state index in [1.807, 2.05) is 18.2 Å². The van der Waals surface area contributed by atoms with Crippen LogP contribution in [0.1, 0.15) is 31.7 Å². The van der Waals surface area contributed by atoms with Crippen LogP contribution >= 0.6 is 0 Å². The number of nitrogens with zero attached hydrogens (tertiary/aromatic N) is 5. The Morgan fingerprint density at radius 3 is 2.51 bits per heavy atom. The van der Waals surface area contributed by atoms with E-state index in [2.05, 4.69) is 22.2 Å². The van der Waals surface area contributed by atoms with Crippen LogP contribution in [-0.4, -0.2) is 87.8 Å². The summed E-state index contributed by atoms with van der Waals surface area (Å²) < 4.78 is 3.12. The molecular weight excluding hydrogens is 452 g/mol. The van der Waals surface area contributed by atoms with Gasteiger partial charge in [0.25, 0.3) is 0 Å². The molecule has 11 nitrogen and oxygen atoms in total. The van der Waals surface area contributed by atoms with Crippen LogP contribution in [-0.2, 0) is 16.6 Å². The van der Waals surface area contributed by atoms with Crippen molar-refractivity contribution >= 4 is 34.6 Å². The second-order valence-electron chi connectivity index (χ2n) is 10.0. The Hall–Kier alpha value is -3.34. The van der Waals surface area contributed by atoms with Gasteiger partial charge in [0, 0.05) is 52.2 Å². The van der Waals surface area contributed by atoms with Crippen LogP contribution in [0, 0.1) is 5.92 Å². The molecule has 1 unspecified atom stereocenters. The molecule has 0 bridgehead atoms. The van der Waals surface area contributed by atoms with Crippen LogP contribution in [0.2, 0.25) is 0 Å². The highest BCUT2D eigenvalue weighted by molar-refractivity contribution is 6.00. The number of para-hydroxylation sites is 1. The number of fused-ring (bicyclic) bond motifs is 1. The van der Waals surface area contributed by atoms with Crippen molar-refractivity contribution in [3.63, 3.8) is 0 Å². The van der Waals surface area contributed by atoms with Crippen molar-refractivity contribution in [1.29, 1.82) is 0 Å². The topological polar surface area (TPSA) is 120 Å². The van der Waals surface area contributed by atoms with E-state index in [4.69, 9.17) is 5.11 Å². The SMILES string of the molecule is CN(CC1CCN(C(=O)O)CC1)C1CN(c2cccc3c2n(C)c(=O)n3C2CCC(=O)NC2=O)C1. The Labute approximate surface area is 202 Å². The van der Waals surface area contributed by atoms with E-state index in [1.54, 1.807) is 11.6 Å². The molecule has 3 saturated heterocycles. The molecule has 3 amide bonds. The number of imide groups is 1. The summed E-state index contributed by atoms with van der Waals surface area (Å²) in [6, 6.07) is 5.47. The third kappa shape index (κ3) is 4.18. The van der Waals surface area contributed by atoms with Crippen LogP contribution < -0.4 is 15.9 Å². The van der Waals surface area contributed by atoms with Crippen LogP contribution in [0.15, 0.2) is 23.0 Å². The summed E-state index contributed by atoms with van der Waals surface area (Å²) >= 11 is 0. The number of carbonyl (C=O) groups is 3. The van der Waals surface area contributed by atoms with Crippen molar-refractivity contribution in [2.24, 2.45) is 13.0 Å². The Bertz CT molecular complexity index is 1220. The number of likely N-dealkylation sites (N-methyl/N-ethyl adjacent to an activating group) is 1. The number of nitrogens with one attached hydrogen (secondary N) is 1. The van der Waals surface area contributed by atoms with Crippen molar-refractivity contribution in [3.8, 4) is 0 Å². The van der Waals surface area contributed by atoms with Crippen molar-refractivity contribution in [2.75, 3.05) is 44.7 Å². The molecule has 1 aromatic carbocycles. The lowest BCUT2D eigenvalue weighted by Gasteiger charge is -2.47. The van der Waals surface area contributed by atoms with Gasteiger partial charge in [0.05, 0.1) is 16.7 Å². The molecule has 2 aromatic rings. The molecule has 2 N–H and O–H groups in total. The Morgan fingerprint density at radius 1 is 1.14 bits per heavy atom. The third-order valence-electron chi connectivity index (χ3n) is 7.86. The molecule has 1 aromatic heterocycles. The van der Waals surface area contributed by atoms with Crippen LogP contribution in [0.3, 0.4) is 0 Å². The zero-order chi connectivity index (χ0) is 24.9. The lowest BCUT2D eigenvalue weighted by molar-refractivity contribution is -0.135. The number of hydrogen-bond acceptors (Lipinski definition) is 6. The maximum absolute atomic E-state index is 13.1. The minimum atomic E-state index is -0.832. The zero-order valence-electron chi connectivity index (χ0n) is 20.1. The van der Waals surface area contributed by atoms with Crippen LogP contribution in [0.25, 0.3) is 11.0 Å². The van der Waals surface area contributed by atoms with Crippen molar-refractivity contribution in [2.45, 2.75) is 37.8 Å². The summed E-state index contributed by atoms with van der Waals surface area (Å²) in [5.74, 6) is -0.235. The summed E-state index contributed by atoms with van der Waals surface area (Å²) in [4.78, 5) is 54.5. The van der Waals surface area contributed by atoms with Gasteiger partial charge in [-0.1, -0.05) is 6.07 Å². The molecular formula is C24H32N6O5. The molecule has 4 heterocycles. The minimum absolute atomic E-state index is 0.217. The van der Waals surface area contributed by atoms with Gasteiger partial charge in [-0.15, -0.1) is 0 Å². The Morgan fingerprint density at radius 2 is 1.86 bits per heavy atom. The number of amides is 3. The average molecular weight is 485 g/mol. The summed E-state index contributed by atoms with van der Waals surface area (Å²) in [6.45, 7) is 3.82. The maximum Gasteiger partial charge on any atom is 0.407 e. The number of aromatic nitrogens is 2. The number of piperidine rings is 2. The first-order valence-corrected chi connectivity index (χ1v) is 12.2. The Balaban J connectivity index is 1.29. The molecule has 1 atom stereocenters. The fraction of sp³-hybridized carbons (Fsp3) is 0.583. The number of benzene rings is 1. The van der Waals surface area contributed by atoms with E-state index in [9.17, 15) is 19.2 Å². The van der Waals surface area contributed by atoms with Gasteiger partial charge >= 0.3 is 11.8 Å². The summed E-state index contributed by atoms with van der Waals surface area (Å²) in [5, 5.41) is 11.5. The number of anilines is 1. The van der Waals surface area contributed by atoms with E-state index in [-0.39, 0.29) is 18.0 Å². The predicted molar refractivity (Wildman–Crippen MR) is 130 cm³/mol. The fourth-order valence-corrected chi connectivity index (χ4v) is 5.70. The Kier molecular flexibility index (Phi) is 6.04. The van der Waals surface area contributed by atoms with E-state index in [0.717, 1.165) is 43.7 Å². The van der Waals surface area contributed by atoms with Crippen LogP contribution in [0.4, 0.5) is 10.5 Å². The number of carboxylic acid groups (broad SMARTS) is 1. The molecule has 35 heavy (non-hydrogen) atoms. The number of imidazole rings is 1. The number of carbonyl (C=O) groups excluding carboxylic acids is 2. The van der Waals surface area contributed by atoms with Crippen molar-refractivity contribution in [3.05, 3.63) is 28.7 Å². The van der Waals surface area contributed by atoms with Crippen molar-refractivity contribution in [1.82, 2.24) is 24.3 Å². The first-order valence-electron chi connectivity index (χ1n) is 12.2. The number of hydrogen-bond donors (Lipinski definition) is 2. The normalized spacial score (nSPS) is 22.1. The summed E-state index contributed by atoms with van der Waals surface area (Å²) in [5.41, 5.74) is 2.20. The highest BCUT2D eigenvalue weighted by atomic mass is 16.4. The van der Waals surface area contributed by atoms with E-state index in [1.165, 1.54) is 9.47 Å². The van der Waals surface area contributed by atoms with Gasteiger partial charge < -0.3 is 14.9 Å². The monoisotopic (exact) mass is 484 g/mol. The fourth-order valence-electron chi connectivity index (χ4n) is 5.70. The predicted octanol–water partition coefficient (Wildman–Crippen LogP) is 0.828. The van der Waals surface area contributed by atoms with Gasteiger partial charge in [-0.25, -0.2) is 9.59 Å². The molecule has 0 saturated carbocycles. The number of rotatable bonds is 5. The molecule has 0 radical (unpaired) electrons. The number of aryl methyl sites for hydroxylation is 1. The van der Waals surface area contributed by atoms with E-state index >= 15 is 0 Å². The molecule has 3 aliphatic rings. The molecule has 5 rings (SSSR count). The number of likely N-dealkylation sites (tertiary alicyclic amines) is 1. The lowest BCUT2D eigenvalue weighted by Crippen LogP contribution is -2.59. The zero-order valence-corrected chi connectivity index (χ0v) is 20.1. The van der Waals surface area contributed by atoms with Gasteiger partial charge in [0.1, 0.15) is 6.04 Å². The second kappa shape index (κ2) is 9.03. The van der Waals surface area contributed by atoms with Gasteiger partial charge in [-0.2, -0.15) is 0 Å². The van der Waals surface area contributed by atoms with Crippen LogP contribution in [0.5, 0.6) is 0 Å². The third-order valence-corrected chi connectivity index (χ3v) is 7.86.